The Labute approximate surface area is 127 Å². The van der Waals surface area contributed by atoms with Crippen LogP contribution in [0.15, 0.2) is 35.3 Å². The summed E-state index contributed by atoms with van der Waals surface area (Å²) in [4.78, 5) is 30.0. The molecule has 0 radical (unpaired) electrons. The summed E-state index contributed by atoms with van der Waals surface area (Å²) in [7, 11) is 0. The molecule has 2 amide bonds. The highest BCUT2D eigenvalue weighted by Gasteiger charge is 2.31. The maximum absolute atomic E-state index is 12.2. The Morgan fingerprint density at radius 1 is 1.29 bits per heavy atom. The largest absolute Gasteiger partial charge is 0.378 e. The molecular weight excluding hydrogens is 288 g/mol. The van der Waals surface area contributed by atoms with E-state index in [-0.39, 0.29) is 23.5 Å². The van der Waals surface area contributed by atoms with Crippen molar-refractivity contribution in [2.75, 3.05) is 26.3 Å². The van der Waals surface area contributed by atoms with Gasteiger partial charge in [-0.3, -0.25) is 9.59 Å². The second-order valence-corrected chi connectivity index (χ2v) is 6.10. The highest BCUT2D eigenvalue weighted by molar-refractivity contribution is 8.15. The Kier molecular flexibility index (Phi) is 4.36. The third-order valence-electron chi connectivity index (χ3n) is 3.48. The first-order chi connectivity index (χ1) is 10.2. The van der Waals surface area contributed by atoms with Crippen molar-refractivity contribution in [3.63, 3.8) is 0 Å². The first-order valence-electron chi connectivity index (χ1n) is 6.92. The molecule has 1 aromatic carbocycles. The van der Waals surface area contributed by atoms with Crippen LogP contribution in [-0.4, -0.2) is 48.1 Å². The Morgan fingerprint density at radius 3 is 2.71 bits per heavy atom. The normalized spacial score (nSPS) is 22.3. The highest BCUT2D eigenvalue weighted by Crippen LogP contribution is 2.37. The average molecular weight is 304 g/mol. The molecule has 0 spiro atoms. The zero-order valence-corrected chi connectivity index (χ0v) is 12.3. The first kappa shape index (κ1) is 14.3. The van der Waals surface area contributed by atoms with Crippen LogP contribution >= 0.6 is 11.8 Å². The third kappa shape index (κ3) is 3.33. The standard InChI is InChI=1S/C15H16N2O3S/c18-13(17-6-8-20-9-7-17)10-12-16-15(19)14(21-12)11-4-2-1-3-5-11/h1-5,14H,6-10H2. The van der Waals surface area contributed by atoms with E-state index in [0.29, 0.717) is 31.3 Å². The van der Waals surface area contributed by atoms with Crippen molar-refractivity contribution in [1.29, 1.82) is 0 Å². The van der Waals surface area contributed by atoms with Gasteiger partial charge in [-0.25, -0.2) is 4.99 Å². The summed E-state index contributed by atoms with van der Waals surface area (Å²) >= 11 is 1.39. The summed E-state index contributed by atoms with van der Waals surface area (Å²) in [5.41, 5.74) is 0.935. The van der Waals surface area contributed by atoms with Crippen LogP contribution in [0.1, 0.15) is 17.2 Å². The van der Waals surface area contributed by atoms with Crippen LogP contribution < -0.4 is 0 Å². The van der Waals surface area contributed by atoms with Gasteiger partial charge in [0, 0.05) is 13.1 Å². The van der Waals surface area contributed by atoms with Gasteiger partial charge in [0.05, 0.1) is 24.7 Å². The number of ether oxygens (including phenoxy) is 1. The van der Waals surface area contributed by atoms with Crippen LogP contribution in [0, 0.1) is 0 Å². The van der Waals surface area contributed by atoms with Crippen molar-refractivity contribution in [2.24, 2.45) is 4.99 Å². The van der Waals surface area contributed by atoms with Gasteiger partial charge in [0.25, 0.3) is 5.91 Å². The number of morpholine rings is 1. The lowest BCUT2D eigenvalue weighted by molar-refractivity contribution is -0.133. The van der Waals surface area contributed by atoms with E-state index >= 15 is 0 Å². The van der Waals surface area contributed by atoms with Crippen LogP contribution in [0.3, 0.4) is 0 Å². The molecular formula is C15H16N2O3S. The minimum Gasteiger partial charge on any atom is -0.378 e. The number of amides is 2. The SMILES string of the molecule is O=C1N=C(CC(=O)N2CCOCC2)SC1c1ccccc1. The Balaban J connectivity index is 1.61. The second kappa shape index (κ2) is 6.41. The van der Waals surface area contributed by atoms with Crippen LogP contribution in [0.5, 0.6) is 0 Å². The molecule has 21 heavy (non-hydrogen) atoms. The van der Waals surface area contributed by atoms with Gasteiger partial charge >= 0.3 is 0 Å². The van der Waals surface area contributed by atoms with Gasteiger partial charge < -0.3 is 9.64 Å². The van der Waals surface area contributed by atoms with Gasteiger partial charge in [-0.15, -0.1) is 0 Å². The van der Waals surface area contributed by atoms with Gasteiger partial charge in [0.15, 0.2) is 0 Å². The molecule has 1 aromatic rings. The fraction of sp³-hybridized carbons (Fsp3) is 0.400. The van der Waals surface area contributed by atoms with Gasteiger partial charge in [0.1, 0.15) is 5.25 Å². The highest BCUT2D eigenvalue weighted by atomic mass is 32.2. The molecule has 1 fully saturated rings. The van der Waals surface area contributed by atoms with E-state index in [1.165, 1.54) is 11.8 Å². The minimum absolute atomic E-state index is 0.0195. The van der Waals surface area contributed by atoms with Gasteiger partial charge in [-0.2, -0.15) is 0 Å². The molecule has 2 heterocycles. The molecule has 0 N–H and O–H groups in total. The number of benzene rings is 1. The fourth-order valence-electron chi connectivity index (χ4n) is 2.37. The number of rotatable bonds is 3. The molecule has 2 aliphatic rings. The average Bonchev–Trinajstić information content (AvgIpc) is 2.89. The van der Waals surface area contributed by atoms with E-state index in [1.807, 2.05) is 30.3 Å². The lowest BCUT2D eigenvalue weighted by atomic mass is 10.1. The van der Waals surface area contributed by atoms with E-state index in [2.05, 4.69) is 4.99 Å². The van der Waals surface area contributed by atoms with E-state index in [0.717, 1.165) is 5.56 Å². The predicted octanol–water partition coefficient (Wildman–Crippen LogP) is 1.65. The molecule has 110 valence electrons. The quantitative estimate of drug-likeness (QED) is 0.852. The zero-order chi connectivity index (χ0) is 14.7. The zero-order valence-electron chi connectivity index (χ0n) is 11.5. The molecule has 1 atom stereocenters. The van der Waals surface area contributed by atoms with Crippen LogP contribution in [-0.2, 0) is 14.3 Å². The number of hydrogen-bond acceptors (Lipinski definition) is 4. The van der Waals surface area contributed by atoms with Gasteiger partial charge in [0.2, 0.25) is 5.91 Å². The van der Waals surface area contributed by atoms with Crippen LogP contribution in [0.4, 0.5) is 0 Å². The molecule has 0 aliphatic carbocycles. The van der Waals surface area contributed by atoms with E-state index in [4.69, 9.17) is 4.74 Å². The summed E-state index contributed by atoms with van der Waals surface area (Å²) in [6.45, 7) is 2.40. The molecule has 0 saturated carbocycles. The molecule has 1 saturated heterocycles. The number of aliphatic imine (C=N–C) groups is 1. The monoisotopic (exact) mass is 304 g/mol. The lowest BCUT2D eigenvalue weighted by Crippen LogP contribution is -2.41. The number of nitrogens with zero attached hydrogens (tertiary/aromatic N) is 2. The van der Waals surface area contributed by atoms with Crippen molar-refractivity contribution >= 4 is 28.6 Å². The number of hydrogen-bond donors (Lipinski definition) is 0. The van der Waals surface area contributed by atoms with Gasteiger partial charge in [-0.1, -0.05) is 42.1 Å². The number of thioether (sulfide) groups is 1. The Morgan fingerprint density at radius 2 is 2.00 bits per heavy atom. The molecule has 1 unspecified atom stereocenters. The molecule has 0 aromatic heterocycles. The maximum Gasteiger partial charge on any atom is 0.264 e. The minimum atomic E-state index is -0.307. The van der Waals surface area contributed by atoms with E-state index in [9.17, 15) is 9.59 Å². The second-order valence-electron chi connectivity index (χ2n) is 4.92. The maximum atomic E-state index is 12.2. The molecule has 6 heteroatoms. The molecule has 5 nitrogen and oxygen atoms in total. The lowest BCUT2D eigenvalue weighted by Gasteiger charge is -2.26. The number of carbonyl (C=O) groups excluding carboxylic acids is 2. The molecule has 3 rings (SSSR count). The first-order valence-corrected chi connectivity index (χ1v) is 7.80. The summed E-state index contributed by atoms with van der Waals surface area (Å²) in [6.07, 6.45) is 0.208. The summed E-state index contributed by atoms with van der Waals surface area (Å²) < 4.78 is 5.23. The Hall–Kier alpha value is -1.66. The topological polar surface area (TPSA) is 59.0 Å². The Bertz CT molecular complexity index is 568. The van der Waals surface area contributed by atoms with Crippen molar-refractivity contribution < 1.29 is 14.3 Å². The van der Waals surface area contributed by atoms with Crippen LogP contribution in [0.25, 0.3) is 0 Å². The predicted molar refractivity (Wildman–Crippen MR) is 81.2 cm³/mol. The van der Waals surface area contributed by atoms with Crippen molar-refractivity contribution in [3.8, 4) is 0 Å². The smallest absolute Gasteiger partial charge is 0.264 e. The van der Waals surface area contributed by atoms with Crippen molar-refractivity contribution in [3.05, 3.63) is 35.9 Å². The van der Waals surface area contributed by atoms with E-state index in [1.54, 1.807) is 4.90 Å². The van der Waals surface area contributed by atoms with Crippen molar-refractivity contribution in [1.82, 2.24) is 4.90 Å². The summed E-state index contributed by atoms with van der Waals surface area (Å²) in [5, 5.41) is 0.309. The van der Waals surface area contributed by atoms with Gasteiger partial charge in [-0.05, 0) is 5.56 Å². The van der Waals surface area contributed by atoms with Crippen molar-refractivity contribution in [2.45, 2.75) is 11.7 Å². The fourth-order valence-corrected chi connectivity index (χ4v) is 3.44. The van der Waals surface area contributed by atoms with Crippen LogP contribution in [0.2, 0.25) is 0 Å². The summed E-state index contributed by atoms with van der Waals surface area (Å²) in [5.74, 6) is -0.151. The third-order valence-corrected chi connectivity index (χ3v) is 4.70. The summed E-state index contributed by atoms with van der Waals surface area (Å²) in [6, 6.07) is 9.55. The number of carbonyl (C=O) groups is 2. The van der Waals surface area contributed by atoms with E-state index < -0.39 is 0 Å². The molecule has 2 aliphatic heterocycles. The molecule has 0 bridgehead atoms.